The molecule has 0 spiro atoms. The molecule has 5 nitrogen and oxygen atoms in total. The fraction of sp³-hybridized carbons (Fsp3) is 0.538. The van der Waals surface area contributed by atoms with Crippen molar-refractivity contribution in [1.82, 2.24) is 19.3 Å². The third kappa shape index (κ3) is 1.84. The Labute approximate surface area is 106 Å². The third-order valence-electron chi connectivity index (χ3n) is 3.82. The van der Waals surface area contributed by atoms with Crippen molar-refractivity contribution in [3.63, 3.8) is 0 Å². The van der Waals surface area contributed by atoms with Crippen molar-refractivity contribution < 1.29 is 5.11 Å². The number of nitrogens with zero attached hydrogens (tertiary/aromatic N) is 4. The quantitative estimate of drug-likeness (QED) is 0.895. The minimum Gasteiger partial charge on any atom is -0.396 e. The maximum atomic E-state index is 9.45. The Bertz CT molecular complexity index is 531. The Hall–Kier alpha value is -1.62. The summed E-state index contributed by atoms with van der Waals surface area (Å²) >= 11 is 0. The number of aromatic nitrogens is 4. The highest BCUT2D eigenvalue weighted by atomic mass is 16.3. The van der Waals surface area contributed by atoms with Gasteiger partial charge < -0.3 is 9.67 Å². The molecule has 1 aliphatic rings. The van der Waals surface area contributed by atoms with Gasteiger partial charge in [0.25, 0.3) is 0 Å². The molecule has 0 saturated heterocycles. The van der Waals surface area contributed by atoms with E-state index in [-0.39, 0.29) is 6.61 Å². The maximum absolute atomic E-state index is 9.45. The molecule has 1 aliphatic carbocycles. The highest BCUT2D eigenvalue weighted by Gasteiger charge is 2.29. The van der Waals surface area contributed by atoms with Gasteiger partial charge in [0.2, 0.25) is 0 Å². The first-order valence-electron chi connectivity index (χ1n) is 6.43. The predicted octanol–water partition coefficient (Wildman–Crippen LogP) is 1.62. The molecule has 0 unspecified atom stereocenters. The van der Waals surface area contributed by atoms with E-state index in [0.29, 0.717) is 12.0 Å². The Morgan fingerprint density at radius 2 is 2.28 bits per heavy atom. The average molecular weight is 246 g/mol. The molecule has 2 aromatic heterocycles. The smallest absolute Gasteiger partial charge is 0.160 e. The van der Waals surface area contributed by atoms with Crippen LogP contribution in [0.25, 0.3) is 11.5 Å². The van der Waals surface area contributed by atoms with E-state index in [1.165, 1.54) is 6.42 Å². The van der Waals surface area contributed by atoms with Gasteiger partial charge in [-0.25, -0.2) is 4.98 Å². The summed E-state index contributed by atoms with van der Waals surface area (Å²) in [6.45, 7) is 0.254. The Balaban J connectivity index is 1.96. The van der Waals surface area contributed by atoms with Crippen molar-refractivity contribution in [2.45, 2.75) is 25.3 Å². The van der Waals surface area contributed by atoms with E-state index in [1.807, 2.05) is 31.7 Å². The van der Waals surface area contributed by atoms with Crippen LogP contribution in [0.1, 0.15) is 25.3 Å². The molecule has 1 saturated carbocycles. The lowest BCUT2D eigenvalue weighted by atomic mass is 10.0. The summed E-state index contributed by atoms with van der Waals surface area (Å²) in [5.74, 6) is 1.25. The summed E-state index contributed by atoms with van der Waals surface area (Å²) in [7, 11) is 1.91. The highest BCUT2D eigenvalue weighted by Crippen LogP contribution is 2.37. The topological polar surface area (TPSA) is 55.9 Å². The van der Waals surface area contributed by atoms with Crippen LogP contribution in [0.4, 0.5) is 0 Å². The molecule has 0 radical (unpaired) electrons. The lowest BCUT2D eigenvalue weighted by molar-refractivity contribution is 0.196. The van der Waals surface area contributed by atoms with Crippen LogP contribution in [-0.2, 0) is 7.05 Å². The van der Waals surface area contributed by atoms with E-state index in [1.54, 1.807) is 4.68 Å². The zero-order valence-corrected chi connectivity index (χ0v) is 10.5. The van der Waals surface area contributed by atoms with Gasteiger partial charge in [0.05, 0.1) is 0 Å². The average Bonchev–Trinajstić information content (AvgIpc) is 3.06. The monoisotopic (exact) mass is 246 g/mol. The summed E-state index contributed by atoms with van der Waals surface area (Å²) in [5.41, 5.74) is 0.895. The number of aliphatic hydroxyl groups is 1. The number of aryl methyl sites for hydroxylation is 1. The number of imidazole rings is 1. The summed E-state index contributed by atoms with van der Waals surface area (Å²) < 4.78 is 3.96. The largest absolute Gasteiger partial charge is 0.396 e. The van der Waals surface area contributed by atoms with Gasteiger partial charge in [-0.1, -0.05) is 6.42 Å². The lowest BCUT2D eigenvalue weighted by Gasteiger charge is -2.20. The summed E-state index contributed by atoms with van der Waals surface area (Å²) in [6, 6.07) is 2.33. The Morgan fingerprint density at radius 1 is 1.39 bits per heavy atom. The van der Waals surface area contributed by atoms with E-state index >= 15 is 0 Å². The van der Waals surface area contributed by atoms with E-state index in [9.17, 15) is 5.11 Å². The van der Waals surface area contributed by atoms with Crippen molar-refractivity contribution in [2.75, 3.05) is 6.61 Å². The van der Waals surface area contributed by atoms with Crippen LogP contribution in [0.15, 0.2) is 24.7 Å². The van der Waals surface area contributed by atoms with Crippen molar-refractivity contribution in [2.24, 2.45) is 13.0 Å². The number of hydrogen-bond donors (Lipinski definition) is 1. The predicted molar refractivity (Wildman–Crippen MR) is 67.9 cm³/mol. The molecule has 2 heterocycles. The van der Waals surface area contributed by atoms with Gasteiger partial charge in [0.1, 0.15) is 5.69 Å². The van der Waals surface area contributed by atoms with Gasteiger partial charge in [-0.3, -0.25) is 4.68 Å². The number of hydrogen-bond acceptors (Lipinski definition) is 3. The third-order valence-corrected chi connectivity index (χ3v) is 3.82. The second-order valence-electron chi connectivity index (χ2n) is 4.97. The molecule has 0 bridgehead atoms. The van der Waals surface area contributed by atoms with Crippen LogP contribution in [0.3, 0.4) is 0 Å². The molecule has 3 rings (SSSR count). The number of rotatable bonds is 3. The van der Waals surface area contributed by atoms with Crippen LogP contribution in [0.5, 0.6) is 0 Å². The molecule has 1 fully saturated rings. The molecule has 5 heteroatoms. The van der Waals surface area contributed by atoms with Crippen molar-refractivity contribution in [3.05, 3.63) is 24.7 Å². The SMILES string of the molecule is Cn1ccc(-c2nccn2[C@H]2CCC[C@H]2CO)n1. The van der Waals surface area contributed by atoms with E-state index in [2.05, 4.69) is 14.6 Å². The molecule has 96 valence electrons. The molecule has 0 aromatic carbocycles. The second kappa shape index (κ2) is 4.57. The van der Waals surface area contributed by atoms with Gasteiger partial charge >= 0.3 is 0 Å². The van der Waals surface area contributed by atoms with Crippen molar-refractivity contribution in [3.8, 4) is 11.5 Å². The molecule has 0 amide bonds. The van der Waals surface area contributed by atoms with Crippen LogP contribution in [0.2, 0.25) is 0 Å². The van der Waals surface area contributed by atoms with Crippen LogP contribution >= 0.6 is 0 Å². The highest BCUT2D eigenvalue weighted by molar-refractivity contribution is 5.49. The zero-order valence-electron chi connectivity index (χ0n) is 10.5. The molecule has 1 N–H and O–H groups in total. The first kappa shape index (κ1) is 11.5. The molecular weight excluding hydrogens is 228 g/mol. The number of aliphatic hydroxyl groups excluding tert-OH is 1. The Kier molecular flexibility index (Phi) is 2.91. The van der Waals surface area contributed by atoms with Crippen molar-refractivity contribution in [1.29, 1.82) is 0 Å². The maximum Gasteiger partial charge on any atom is 0.160 e. The normalized spacial score (nSPS) is 23.7. The fourth-order valence-electron chi connectivity index (χ4n) is 2.91. The van der Waals surface area contributed by atoms with Crippen LogP contribution < -0.4 is 0 Å². The summed E-state index contributed by atoms with van der Waals surface area (Å²) in [6.07, 6.45) is 9.13. The lowest BCUT2D eigenvalue weighted by Crippen LogP contribution is -2.17. The van der Waals surface area contributed by atoms with Crippen LogP contribution in [-0.4, -0.2) is 31.0 Å². The van der Waals surface area contributed by atoms with E-state index in [4.69, 9.17) is 0 Å². The minimum atomic E-state index is 0.254. The molecular formula is C13H18N4O. The van der Waals surface area contributed by atoms with Gasteiger partial charge in [-0.05, 0) is 18.9 Å². The van der Waals surface area contributed by atoms with Gasteiger partial charge in [0, 0.05) is 44.2 Å². The fourth-order valence-corrected chi connectivity index (χ4v) is 2.91. The minimum absolute atomic E-state index is 0.254. The first-order chi connectivity index (χ1) is 8.79. The molecule has 18 heavy (non-hydrogen) atoms. The summed E-state index contributed by atoms with van der Waals surface area (Å²) in [5, 5.41) is 13.9. The molecule has 2 aromatic rings. The molecule has 2 atom stereocenters. The summed E-state index contributed by atoms with van der Waals surface area (Å²) in [4.78, 5) is 4.42. The first-order valence-corrected chi connectivity index (χ1v) is 6.43. The standard InChI is InChI=1S/C13H18N4O/c1-16-7-5-11(15-16)13-14-6-8-17(13)12-4-2-3-10(12)9-18/h5-8,10,12,18H,2-4,9H2,1H3/t10-,12-/m0/s1. The van der Waals surface area contributed by atoms with Crippen LogP contribution in [0, 0.1) is 5.92 Å². The van der Waals surface area contributed by atoms with Gasteiger partial charge in [0.15, 0.2) is 5.82 Å². The van der Waals surface area contributed by atoms with Gasteiger partial charge in [-0.15, -0.1) is 0 Å². The van der Waals surface area contributed by atoms with Crippen molar-refractivity contribution >= 4 is 0 Å². The zero-order chi connectivity index (χ0) is 12.5. The Morgan fingerprint density at radius 3 is 3.00 bits per heavy atom. The second-order valence-corrected chi connectivity index (χ2v) is 4.97. The van der Waals surface area contributed by atoms with Gasteiger partial charge in [-0.2, -0.15) is 5.10 Å². The molecule has 0 aliphatic heterocycles. The van der Waals surface area contributed by atoms with E-state index in [0.717, 1.165) is 24.4 Å². The van der Waals surface area contributed by atoms with E-state index < -0.39 is 0 Å².